The number of carbonyl (C=O) groups excluding carboxylic acids is 2. The van der Waals surface area contributed by atoms with Gasteiger partial charge in [-0.1, -0.05) is 11.6 Å². The molecule has 1 amide bonds. The fraction of sp³-hybridized carbons (Fsp3) is 0.385. The summed E-state index contributed by atoms with van der Waals surface area (Å²) in [6.45, 7) is 1.77. The molecule has 0 aliphatic heterocycles. The van der Waals surface area contributed by atoms with Gasteiger partial charge in [0.25, 0.3) is 0 Å². The van der Waals surface area contributed by atoms with Crippen LogP contribution in [0.3, 0.4) is 0 Å². The first-order valence-corrected chi connectivity index (χ1v) is 6.67. The number of halogens is 5. The van der Waals surface area contributed by atoms with Crippen molar-refractivity contribution in [3.05, 3.63) is 29.0 Å². The second kappa shape index (κ2) is 7.03. The van der Waals surface area contributed by atoms with Crippen LogP contribution in [0.5, 0.6) is 0 Å². The minimum atomic E-state index is -5.24. The molecule has 0 saturated carbocycles. The van der Waals surface area contributed by atoms with Crippen LogP contribution in [0.15, 0.2) is 18.2 Å². The SMILES string of the molecule is CCOC(=O)[C@@](NC(C)=O)(Nc1ccc(F)c(Cl)c1)C(F)(F)F. The first kappa shape index (κ1) is 19.0. The van der Waals surface area contributed by atoms with Gasteiger partial charge in [0.1, 0.15) is 5.82 Å². The Kier molecular flexibility index (Phi) is 5.81. The third kappa shape index (κ3) is 4.25. The van der Waals surface area contributed by atoms with Crippen LogP contribution in [-0.2, 0) is 14.3 Å². The van der Waals surface area contributed by atoms with Gasteiger partial charge >= 0.3 is 17.8 Å². The number of rotatable bonds is 5. The molecule has 0 aliphatic rings. The Morgan fingerprint density at radius 3 is 2.35 bits per heavy atom. The second-order valence-corrected chi connectivity index (χ2v) is 4.81. The number of alkyl halides is 3. The van der Waals surface area contributed by atoms with Gasteiger partial charge in [-0.05, 0) is 25.1 Å². The second-order valence-electron chi connectivity index (χ2n) is 4.40. The van der Waals surface area contributed by atoms with Crippen LogP contribution in [0, 0.1) is 5.82 Å². The van der Waals surface area contributed by atoms with Gasteiger partial charge in [-0.25, -0.2) is 9.18 Å². The molecule has 128 valence electrons. The molecule has 0 saturated heterocycles. The summed E-state index contributed by atoms with van der Waals surface area (Å²) in [4.78, 5) is 23.1. The summed E-state index contributed by atoms with van der Waals surface area (Å²) in [5.41, 5.74) is -3.87. The van der Waals surface area contributed by atoms with Crippen molar-refractivity contribution < 1.29 is 31.9 Å². The number of anilines is 1. The first-order chi connectivity index (χ1) is 10.5. The lowest BCUT2D eigenvalue weighted by atomic mass is 10.1. The molecule has 0 aromatic heterocycles. The maximum Gasteiger partial charge on any atom is 0.441 e. The van der Waals surface area contributed by atoms with Gasteiger partial charge in [0.05, 0.1) is 11.6 Å². The molecule has 23 heavy (non-hydrogen) atoms. The Bertz CT molecular complexity index is 609. The number of hydrogen-bond donors (Lipinski definition) is 2. The average molecular weight is 357 g/mol. The van der Waals surface area contributed by atoms with Crippen molar-refractivity contribution in [2.45, 2.75) is 25.7 Å². The number of ether oxygens (including phenoxy) is 1. The molecule has 0 spiro atoms. The van der Waals surface area contributed by atoms with Crippen LogP contribution in [0.4, 0.5) is 23.2 Å². The lowest BCUT2D eigenvalue weighted by Gasteiger charge is -2.35. The zero-order valence-corrected chi connectivity index (χ0v) is 12.8. The van der Waals surface area contributed by atoms with E-state index in [0.29, 0.717) is 0 Å². The normalized spacial score (nSPS) is 13.9. The van der Waals surface area contributed by atoms with Crippen molar-refractivity contribution in [1.82, 2.24) is 5.32 Å². The van der Waals surface area contributed by atoms with Crippen LogP contribution in [0.1, 0.15) is 13.8 Å². The van der Waals surface area contributed by atoms with Gasteiger partial charge < -0.3 is 15.4 Å². The highest BCUT2D eigenvalue weighted by Gasteiger charge is 2.63. The summed E-state index contributed by atoms with van der Waals surface area (Å²) < 4.78 is 58.0. The summed E-state index contributed by atoms with van der Waals surface area (Å²) >= 11 is 5.50. The molecule has 1 atom stereocenters. The van der Waals surface area contributed by atoms with E-state index in [-0.39, 0.29) is 12.3 Å². The number of nitrogens with one attached hydrogen (secondary N) is 2. The monoisotopic (exact) mass is 356 g/mol. The molecule has 1 aromatic carbocycles. The van der Waals surface area contributed by atoms with Gasteiger partial charge in [-0.3, -0.25) is 4.79 Å². The Labute approximate surface area is 133 Å². The van der Waals surface area contributed by atoms with Crippen molar-refractivity contribution in [1.29, 1.82) is 0 Å². The quantitative estimate of drug-likeness (QED) is 0.483. The fourth-order valence-corrected chi connectivity index (χ4v) is 1.87. The maximum absolute atomic E-state index is 13.5. The van der Waals surface area contributed by atoms with E-state index in [1.165, 1.54) is 12.2 Å². The molecule has 2 N–H and O–H groups in total. The van der Waals surface area contributed by atoms with Crippen molar-refractivity contribution in [2.24, 2.45) is 0 Å². The molecule has 10 heteroatoms. The predicted molar refractivity (Wildman–Crippen MR) is 74.3 cm³/mol. The Balaban J connectivity index is 3.38. The molecule has 0 unspecified atom stereocenters. The van der Waals surface area contributed by atoms with Gasteiger partial charge in [-0.15, -0.1) is 0 Å². The third-order valence-corrected chi connectivity index (χ3v) is 2.91. The molecule has 1 aromatic rings. The maximum atomic E-state index is 13.5. The van der Waals surface area contributed by atoms with E-state index in [2.05, 4.69) is 4.74 Å². The van der Waals surface area contributed by atoms with E-state index >= 15 is 0 Å². The average Bonchev–Trinajstić information content (AvgIpc) is 2.40. The van der Waals surface area contributed by atoms with Crippen molar-refractivity contribution in [3.8, 4) is 0 Å². The first-order valence-electron chi connectivity index (χ1n) is 6.29. The lowest BCUT2D eigenvalue weighted by Crippen LogP contribution is -2.69. The van der Waals surface area contributed by atoms with Crippen LogP contribution in [0.2, 0.25) is 5.02 Å². The van der Waals surface area contributed by atoms with Crippen LogP contribution < -0.4 is 10.6 Å². The molecule has 0 bridgehead atoms. The van der Waals surface area contributed by atoms with Crippen LogP contribution in [-0.4, -0.2) is 30.3 Å². The summed E-state index contributed by atoms with van der Waals surface area (Å²) in [7, 11) is 0. The highest BCUT2D eigenvalue weighted by Crippen LogP contribution is 2.34. The van der Waals surface area contributed by atoms with Gasteiger partial charge in [0, 0.05) is 12.6 Å². The van der Waals surface area contributed by atoms with Crippen molar-refractivity contribution in [3.63, 3.8) is 0 Å². The van der Waals surface area contributed by atoms with E-state index in [1.807, 2.05) is 5.32 Å². The zero-order chi connectivity index (χ0) is 17.8. The topological polar surface area (TPSA) is 67.4 Å². The smallest absolute Gasteiger partial charge is 0.441 e. The van der Waals surface area contributed by atoms with E-state index in [4.69, 9.17) is 11.6 Å². The summed E-state index contributed by atoms with van der Waals surface area (Å²) in [5.74, 6) is -3.75. The standard InChI is InChI=1S/C13H13ClF4N2O3/c1-3-23-11(22)12(13(16,17)18,19-7(2)21)20-8-4-5-10(15)9(14)6-8/h4-6,20H,3H2,1-2H3,(H,19,21)/t12-/m1/s1. The number of benzene rings is 1. The Morgan fingerprint density at radius 1 is 1.30 bits per heavy atom. The molecule has 1 rings (SSSR count). The van der Waals surface area contributed by atoms with E-state index in [1.54, 1.807) is 0 Å². The molecular weight excluding hydrogens is 344 g/mol. The molecule has 5 nitrogen and oxygen atoms in total. The van der Waals surface area contributed by atoms with Gasteiger partial charge in [-0.2, -0.15) is 13.2 Å². The number of hydrogen-bond acceptors (Lipinski definition) is 4. The van der Waals surface area contributed by atoms with Crippen molar-refractivity contribution in [2.75, 3.05) is 11.9 Å². The molecule has 0 fully saturated rings. The largest absolute Gasteiger partial charge is 0.463 e. The van der Waals surface area contributed by atoms with E-state index in [0.717, 1.165) is 25.1 Å². The van der Waals surface area contributed by atoms with Crippen molar-refractivity contribution >= 4 is 29.2 Å². The summed E-state index contributed by atoms with van der Waals surface area (Å²) in [5, 5.41) is 2.89. The predicted octanol–water partition coefficient (Wildman–Crippen LogP) is 2.85. The van der Waals surface area contributed by atoms with Crippen LogP contribution >= 0.6 is 11.6 Å². The lowest BCUT2D eigenvalue weighted by molar-refractivity contribution is -0.207. The molecular formula is C13H13ClF4N2O3. The minimum Gasteiger partial charge on any atom is -0.463 e. The van der Waals surface area contributed by atoms with Gasteiger partial charge in [0.15, 0.2) is 0 Å². The van der Waals surface area contributed by atoms with E-state index < -0.39 is 34.6 Å². The highest BCUT2D eigenvalue weighted by molar-refractivity contribution is 6.31. The number of amides is 1. The Morgan fingerprint density at radius 2 is 1.91 bits per heavy atom. The number of carbonyl (C=O) groups is 2. The van der Waals surface area contributed by atoms with E-state index in [9.17, 15) is 27.2 Å². The highest BCUT2D eigenvalue weighted by atomic mass is 35.5. The number of esters is 1. The minimum absolute atomic E-state index is 0.337. The molecule has 0 aliphatic carbocycles. The van der Waals surface area contributed by atoms with Crippen LogP contribution in [0.25, 0.3) is 0 Å². The third-order valence-electron chi connectivity index (χ3n) is 2.62. The Hall–Kier alpha value is -2.03. The zero-order valence-electron chi connectivity index (χ0n) is 12.1. The molecule has 0 heterocycles. The summed E-state index contributed by atoms with van der Waals surface area (Å²) in [6.07, 6.45) is -5.24. The van der Waals surface area contributed by atoms with Gasteiger partial charge in [0.2, 0.25) is 5.91 Å². The summed E-state index contributed by atoms with van der Waals surface area (Å²) in [6, 6.07) is 2.59. The molecule has 0 radical (unpaired) electrons. The fourth-order valence-electron chi connectivity index (χ4n) is 1.68.